The van der Waals surface area contributed by atoms with Gasteiger partial charge in [0.05, 0.1) is 17.9 Å². The number of urea groups is 1. The van der Waals surface area contributed by atoms with Crippen LogP contribution in [0.5, 0.6) is 0 Å². The Labute approximate surface area is 96.7 Å². The molecule has 0 rings (SSSR count). The van der Waals surface area contributed by atoms with Gasteiger partial charge < -0.3 is 16.2 Å². The summed E-state index contributed by atoms with van der Waals surface area (Å²) in [5.41, 5.74) is 4.93. The Balaban J connectivity index is 4.49. The highest BCUT2D eigenvalue weighted by Gasteiger charge is 2.25. The molecule has 8 nitrogen and oxygen atoms in total. The van der Waals surface area contributed by atoms with E-state index < -0.39 is 24.1 Å². The normalized spacial score (nSPS) is 13.7. The highest BCUT2D eigenvalue weighted by Crippen LogP contribution is 1.97. The van der Waals surface area contributed by atoms with Crippen LogP contribution >= 0.6 is 11.6 Å². The minimum atomic E-state index is -1.29. The highest BCUT2D eigenvalue weighted by atomic mass is 35.5. The van der Waals surface area contributed by atoms with Gasteiger partial charge in [-0.3, -0.25) is 4.79 Å². The third-order valence-corrected chi connectivity index (χ3v) is 1.87. The van der Waals surface area contributed by atoms with E-state index in [-0.39, 0.29) is 12.4 Å². The Kier molecular flexibility index (Phi) is 6.35. The maximum absolute atomic E-state index is 11.3. The van der Waals surface area contributed by atoms with E-state index in [4.69, 9.17) is 22.4 Å². The summed E-state index contributed by atoms with van der Waals surface area (Å²) in [6.45, 7) is 1.16. The number of nitrogens with two attached hydrogens (primary N) is 1. The Morgan fingerprint density at radius 1 is 1.62 bits per heavy atom. The van der Waals surface area contributed by atoms with Crippen LogP contribution in [0.1, 0.15) is 6.92 Å². The standard InChI is InChI=1S/C7H13ClN4O4/c1-4(13)5(6(9)14)10-7(15)12(11-16)3-2-8/h4-5,13H,2-3H2,1H3,(H2,9,14)(H,10,15). The number of nitrogens with one attached hydrogen (secondary N) is 1. The van der Waals surface area contributed by atoms with Crippen molar-refractivity contribution in [3.63, 3.8) is 0 Å². The lowest BCUT2D eigenvalue weighted by molar-refractivity contribution is -0.122. The molecular weight excluding hydrogens is 240 g/mol. The average Bonchev–Trinajstić information content (AvgIpc) is 2.21. The van der Waals surface area contributed by atoms with E-state index in [0.717, 1.165) is 0 Å². The first-order valence-corrected chi connectivity index (χ1v) is 4.92. The summed E-state index contributed by atoms with van der Waals surface area (Å²) < 4.78 is 0. The molecule has 0 saturated heterocycles. The number of hydrogen-bond acceptors (Lipinski definition) is 5. The number of hydrogen-bond donors (Lipinski definition) is 3. The van der Waals surface area contributed by atoms with Crippen LogP contribution in [0, 0.1) is 4.91 Å². The lowest BCUT2D eigenvalue weighted by Gasteiger charge is -2.20. The molecule has 0 aromatic rings. The fraction of sp³-hybridized carbons (Fsp3) is 0.714. The van der Waals surface area contributed by atoms with E-state index in [1.807, 2.05) is 0 Å². The van der Waals surface area contributed by atoms with Gasteiger partial charge in [0.2, 0.25) is 5.91 Å². The van der Waals surface area contributed by atoms with Crippen molar-refractivity contribution < 1.29 is 14.7 Å². The molecule has 92 valence electrons. The second kappa shape index (κ2) is 6.96. The van der Waals surface area contributed by atoms with Crippen molar-refractivity contribution in [3.8, 4) is 0 Å². The van der Waals surface area contributed by atoms with Crippen molar-refractivity contribution in [3.05, 3.63) is 4.91 Å². The van der Waals surface area contributed by atoms with Crippen LogP contribution < -0.4 is 11.1 Å². The third kappa shape index (κ3) is 4.41. The van der Waals surface area contributed by atoms with Gasteiger partial charge in [-0.1, -0.05) is 0 Å². The molecule has 0 fully saturated rings. The largest absolute Gasteiger partial charge is 0.391 e. The molecule has 2 atom stereocenters. The minimum absolute atomic E-state index is 0.00900. The molecule has 0 saturated carbocycles. The molecule has 0 aromatic heterocycles. The number of amides is 3. The van der Waals surface area contributed by atoms with Gasteiger partial charge in [0.15, 0.2) is 0 Å². The van der Waals surface area contributed by atoms with E-state index in [1.165, 1.54) is 6.92 Å². The fourth-order valence-electron chi connectivity index (χ4n) is 0.896. The van der Waals surface area contributed by atoms with E-state index in [1.54, 1.807) is 0 Å². The zero-order chi connectivity index (χ0) is 12.7. The summed E-state index contributed by atoms with van der Waals surface area (Å²) in [5.74, 6) is -0.908. The first-order valence-electron chi connectivity index (χ1n) is 4.38. The van der Waals surface area contributed by atoms with Gasteiger partial charge >= 0.3 is 6.03 Å². The van der Waals surface area contributed by atoms with E-state index in [2.05, 4.69) is 10.6 Å². The molecule has 0 aromatic carbocycles. The highest BCUT2D eigenvalue weighted by molar-refractivity contribution is 6.18. The Morgan fingerprint density at radius 3 is 2.50 bits per heavy atom. The molecule has 0 aliphatic rings. The first kappa shape index (κ1) is 14.6. The van der Waals surface area contributed by atoms with E-state index >= 15 is 0 Å². The van der Waals surface area contributed by atoms with Crippen LogP contribution in [0.15, 0.2) is 5.29 Å². The Bertz CT molecular complexity index is 273. The molecule has 3 amide bonds. The molecule has 0 radical (unpaired) electrons. The van der Waals surface area contributed by atoms with Gasteiger partial charge in [0, 0.05) is 5.88 Å². The number of nitroso groups, excluding NO2 is 1. The second-order valence-electron chi connectivity index (χ2n) is 2.96. The maximum atomic E-state index is 11.3. The van der Waals surface area contributed by atoms with Crippen LogP contribution in [0.25, 0.3) is 0 Å². The molecule has 0 spiro atoms. The average molecular weight is 253 g/mol. The molecule has 0 aliphatic carbocycles. The summed E-state index contributed by atoms with van der Waals surface area (Å²) in [4.78, 5) is 32.4. The molecular formula is C7H13ClN4O4. The Hall–Kier alpha value is -1.41. The number of nitrogens with zero attached hydrogens (tertiary/aromatic N) is 2. The summed E-state index contributed by atoms with van der Waals surface area (Å²) in [6, 6.07) is -2.23. The van der Waals surface area contributed by atoms with Gasteiger partial charge in [-0.05, 0) is 6.92 Å². The number of carbonyl (C=O) groups excluding carboxylic acids is 2. The van der Waals surface area contributed by atoms with Gasteiger partial charge in [-0.25, -0.2) is 4.79 Å². The molecule has 0 aliphatic heterocycles. The molecule has 9 heteroatoms. The number of aliphatic hydroxyl groups is 1. The van der Waals surface area contributed by atoms with Crippen LogP contribution in [0.2, 0.25) is 0 Å². The lowest BCUT2D eigenvalue weighted by atomic mass is 10.2. The van der Waals surface area contributed by atoms with E-state index in [9.17, 15) is 14.5 Å². The number of halogens is 1. The third-order valence-electron chi connectivity index (χ3n) is 1.70. The Morgan fingerprint density at radius 2 is 2.19 bits per heavy atom. The number of alkyl halides is 1. The van der Waals surface area contributed by atoms with Crippen molar-refractivity contribution in [2.24, 2.45) is 11.0 Å². The topological polar surface area (TPSA) is 125 Å². The van der Waals surface area contributed by atoms with Crippen LogP contribution in [-0.2, 0) is 4.79 Å². The zero-order valence-corrected chi connectivity index (χ0v) is 9.35. The van der Waals surface area contributed by atoms with Crippen molar-refractivity contribution in [1.82, 2.24) is 10.3 Å². The first-order chi connectivity index (χ1) is 7.43. The molecule has 0 heterocycles. The SMILES string of the molecule is CC(O)C(NC(=O)N(CCCl)N=O)C(N)=O. The number of carbonyl (C=O) groups is 2. The van der Waals surface area contributed by atoms with E-state index in [0.29, 0.717) is 5.01 Å². The monoisotopic (exact) mass is 252 g/mol. The van der Waals surface area contributed by atoms with Crippen LogP contribution in [0.3, 0.4) is 0 Å². The molecule has 0 bridgehead atoms. The lowest BCUT2D eigenvalue weighted by Crippen LogP contribution is -2.53. The van der Waals surface area contributed by atoms with Crippen molar-refractivity contribution in [2.45, 2.75) is 19.1 Å². The predicted octanol–water partition coefficient (Wildman–Crippen LogP) is -0.847. The van der Waals surface area contributed by atoms with Crippen molar-refractivity contribution >= 4 is 23.5 Å². The molecule has 2 unspecified atom stereocenters. The van der Waals surface area contributed by atoms with Gasteiger partial charge in [0.25, 0.3) is 0 Å². The quantitative estimate of drug-likeness (QED) is 0.323. The smallest absolute Gasteiger partial charge is 0.341 e. The van der Waals surface area contributed by atoms with Crippen molar-refractivity contribution in [2.75, 3.05) is 12.4 Å². The summed E-state index contributed by atoms with van der Waals surface area (Å²) >= 11 is 5.32. The number of rotatable bonds is 6. The minimum Gasteiger partial charge on any atom is -0.391 e. The zero-order valence-electron chi connectivity index (χ0n) is 8.59. The summed E-state index contributed by atoms with van der Waals surface area (Å²) in [6.07, 6.45) is -1.18. The number of aliphatic hydroxyl groups excluding tert-OH is 1. The molecule has 4 N–H and O–H groups in total. The van der Waals surface area contributed by atoms with Crippen LogP contribution in [0.4, 0.5) is 4.79 Å². The maximum Gasteiger partial charge on any atom is 0.341 e. The van der Waals surface area contributed by atoms with Gasteiger partial charge in [-0.15, -0.1) is 16.5 Å². The van der Waals surface area contributed by atoms with Gasteiger partial charge in [-0.2, -0.15) is 5.01 Å². The van der Waals surface area contributed by atoms with Gasteiger partial charge in [0.1, 0.15) is 6.04 Å². The summed E-state index contributed by atoms with van der Waals surface area (Å²) in [7, 11) is 0. The van der Waals surface area contributed by atoms with Crippen molar-refractivity contribution in [1.29, 1.82) is 0 Å². The second-order valence-corrected chi connectivity index (χ2v) is 3.34. The molecule has 16 heavy (non-hydrogen) atoms. The fourth-order valence-corrected chi connectivity index (χ4v) is 1.06. The van der Waals surface area contributed by atoms with Crippen LogP contribution in [-0.4, -0.2) is 46.6 Å². The predicted molar refractivity (Wildman–Crippen MR) is 56.4 cm³/mol. The summed E-state index contributed by atoms with van der Waals surface area (Å²) in [5, 5.41) is 14.1. The number of primary amides is 1.